The fraction of sp³-hybridized carbons (Fsp3) is 0.909. The Hall–Kier alpha value is -0.610. The monoisotopic (exact) mass is 214 g/mol. The lowest BCUT2D eigenvalue weighted by Gasteiger charge is -2.12. The van der Waals surface area contributed by atoms with Crippen LogP contribution in [0, 0.1) is 5.92 Å². The smallest absolute Gasteiger partial charge is 0.234 e. The number of rotatable bonds is 6. The number of hydrogen-bond acceptors (Lipinski definition) is 3. The fourth-order valence-electron chi connectivity index (χ4n) is 1.98. The van der Waals surface area contributed by atoms with Gasteiger partial charge in [-0.2, -0.15) is 0 Å². The van der Waals surface area contributed by atoms with Crippen LogP contribution < -0.4 is 10.6 Å². The Bertz CT molecular complexity index is 197. The van der Waals surface area contributed by atoms with Gasteiger partial charge < -0.3 is 15.4 Å². The molecule has 0 heterocycles. The summed E-state index contributed by atoms with van der Waals surface area (Å²) in [7, 11) is 1.63. The highest BCUT2D eigenvalue weighted by Crippen LogP contribution is 2.24. The Kier molecular flexibility index (Phi) is 5.65. The summed E-state index contributed by atoms with van der Waals surface area (Å²) in [5, 5.41) is 6.08. The Balaban J connectivity index is 2.01. The lowest BCUT2D eigenvalue weighted by molar-refractivity contribution is -0.120. The predicted octanol–water partition coefficient (Wildman–Crippen LogP) is 0.527. The number of nitrogens with one attached hydrogen (secondary N) is 2. The average Bonchev–Trinajstić information content (AvgIpc) is 2.62. The van der Waals surface area contributed by atoms with Crippen molar-refractivity contribution in [2.45, 2.75) is 32.2 Å². The van der Waals surface area contributed by atoms with E-state index in [1.165, 1.54) is 19.3 Å². The van der Waals surface area contributed by atoms with Crippen LogP contribution in [0.5, 0.6) is 0 Å². The van der Waals surface area contributed by atoms with Gasteiger partial charge in [0.25, 0.3) is 0 Å². The van der Waals surface area contributed by atoms with Crippen LogP contribution in [0.15, 0.2) is 0 Å². The SMILES string of the molecule is COCCNC(=O)CNC1CCC(C)C1. The van der Waals surface area contributed by atoms with E-state index in [0.717, 1.165) is 5.92 Å². The van der Waals surface area contributed by atoms with Gasteiger partial charge in [-0.3, -0.25) is 4.79 Å². The first kappa shape index (κ1) is 12.5. The van der Waals surface area contributed by atoms with Crippen molar-refractivity contribution < 1.29 is 9.53 Å². The van der Waals surface area contributed by atoms with Gasteiger partial charge in [0.2, 0.25) is 5.91 Å². The molecule has 1 amide bonds. The first-order valence-corrected chi connectivity index (χ1v) is 5.71. The topological polar surface area (TPSA) is 50.4 Å². The first-order valence-electron chi connectivity index (χ1n) is 5.71. The number of hydrogen-bond donors (Lipinski definition) is 2. The number of amides is 1. The van der Waals surface area contributed by atoms with Gasteiger partial charge >= 0.3 is 0 Å². The summed E-state index contributed by atoms with van der Waals surface area (Å²) < 4.78 is 4.85. The molecule has 1 saturated carbocycles. The zero-order valence-electron chi connectivity index (χ0n) is 9.71. The first-order chi connectivity index (χ1) is 7.22. The molecule has 2 unspecified atom stereocenters. The van der Waals surface area contributed by atoms with E-state index in [4.69, 9.17) is 4.74 Å². The molecular formula is C11H22N2O2. The van der Waals surface area contributed by atoms with Crippen molar-refractivity contribution in [3.8, 4) is 0 Å². The molecule has 1 fully saturated rings. The fourth-order valence-corrected chi connectivity index (χ4v) is 1.98. The molecule has 0 radical (unpaired) electrons. The molecule has 0 saturated heterocycles. The van der Waals surface area contributed by atoms with E-state index in [-0.39, 0.29) is 5.91 Å². The van der Waals surface area contributed by atoms with E-state index < -0.39 is 0 Å². The third-order valence-corrected chi connectivity index (χ3v) is 2.87. The third-order valence-electron chi connectivity index (χ3n) is 2.87. The van der Waals surface area contributed by atoms with Crippen LogP contribution >= 0.6 is 0 Å². The van der Waals surface area contributed by atoms with E-state index >= 15 is 0 Å². The van der Waals surface area contributed by atoms with Gasteiger partial charge in [0.05, 0.1) is 13.2 Å². The molecule has 1 aliphatic carbocycles. The Morgan fingerprint density at radius 1 is 1.47 bits per heavy atom. The highest BCUT2D eigenvalue weighted by molar-refractivity contribution is 5.77. The molecule has 4 heteroatoms. The largest absolute Gasteiger partial charge is 0.383 e. The summed E-state index contributed by atoms with van der Waals surface area (Å²) in [5.74, 6) is 0.866. The quantitative estimate of drug-likeness (QED) is 0.634. The highest BCUT2D eigenvalue weighted by atomic mass is 16.5. The lowest BCUT2D eigenvalue weighted by atomic mass is 10.1. The van der Waals surface area contributed by atoms with Gasteiger partial charge in [0.1, 0.15) is 0 Å². The maximum atomic E-state index is 11.3. The molecule has 0 spiro atoms. The third kappa shape index (κ3) is 5.14. The van der Waals surface area contributed by atoms with E-state index in [0.29, 0.717) is 25.7 Å². The van der Waals surface area contributed by atoms with E-state index in [1.54, 1.807) is 7.11 Å². The molecule has 4 nitrogen and oxygen atoms in total. The van der Waals surface area contributed by atoms with E-state index in [9.17, 15) is 4.79 Å². The normalized spacial score (nSPS) is 25.5. The van der Waals surface area contributed by atoms with Gasteiger partial charge in [0, 0.05) is 19.7 Å². The zero-order valence-corrected chi connectivity index (χ0v) is 9.71. The summed E-state index contributed by atoms with van der Waals surface area (Å²) >= 11 is 0. The molecule has 2 atom stereocenters. The maximum Gasteiger partial charge on any atom is 0.234 e. The molecule has 1 aliphatic rings. The van der Waals surface area contributed by atoms with Crippen LogP contribution in [0.25, 0.3) is 0 Å². The van der Waals surface area contributed by atoms with Gasteiger partial charge in [0.15, 0.2) is 0 Å². The summed E-state index contributed by atoms with van der Waals surface area (Å²) in [6.07, 6.45) is 3.68. The van der Waals surface area contributed by atoms with Crippen molar-refractivity contribution in [1.29, 1.82) is 0 Å². The zero-order chi connectivity index (χ0) is 11.1. The van der Waals surface area contributed by atoms with Gasteiger partial charge in [-0.05, 0) is 25.2 Å². The molecule has 88 valence electrons. The van der Waals surface area contributed by atoms with Crippen molar-refractivity contribution in [1.82, 2.24) is 10.6 Å². The molecule has 0 aromatic carbocycles. The summed E-state index contributed by atoms with van der Waals surface area (Å²) in [6, 6.07) is 0.535. The Morgan fingerprint density at radius 3 is 2.87 bits per heavy atom. The van der Waals surface area contributed by atoms with Crippen LogP contribution in [-0.2, 0) is 9.53 Å². The minimum absolute atomic E-state index is 0.0617. The van der Waals surface area contributed by atoms with Crippen LogP contribution in [0.4, 0.5) is 0 Å². The molecule has 0 aromatic heterocycles. The summed E-state index contributed by atoms with van der Waals surface area (Å²) in [4.78, 5) is 11.3. The van der Waals surface area contributed by atoms with Crippen LogP contribution in [0.2, 0.25) is 0 Å². The van der Waals surface area contributed by atoms with Crippen molar-refractivity contribution in [2.75, 3.05) is 26.8 Å². The highest BCUT2D eigenvalue weighted by Gasteiger charge is 2.20. The van der Waals surface area contributed by atoms with Gasteiger partial charge in [-0.25, -0.2) is 0 Å². The predicted molar refractivity (Wildman–Crippen MR) is 59.7 cm³/mol. The molecule has 2 N–H and O–H groups in total. The van der Waals surface area contributed by atoms with Crippen molar-refractivity contribution in [2.24, 2.45) is 5.92 Å². The van der Waals surface area contributed by atoms with Crippen molar-refractivity contribution in [3.05, 3.63) is 0 Å². The molecule has 0 aliphatic heterocycles. The number of carbonyl (C=O) groups is 1. The summed E-state index contributed by atoms with van der Waals surface area (Å²) in [5.41, 5.74) is 0. The second kappa shape index (κ2) is 6.80. The molecule has 0 aromatic rings. The molecule has 0 bridgehead atoms. The van der Waals surface area contributed by atoms with Crippen LogP contribution in [0.3, 0.4) is 0 Å². The Morgan fingerprint density at radius 2 is 2.27 bits per heavy atom. The number of carbonyl (C=O) groups excluding carboxylic acids is 1. The van der Waals surface area contributed by atoms with Crippen molar-refractivity contribution in [3.63, 3.8) is 0 Å². The average molecular weight is 214 g/mol. The molecular weight excluding hydrogens is 192 g/mol. The standard InChI is InChI=1S/C11H22N2O2/c1-9-3-4-10(7-9)13-8-11(14)12-5-6-15-2/h9-10,13H,3-8H2,1-2H3,(H,12,14). The summed E-state index contributed by atoms with van der Waals surface area (Å²) in [6.45, 7) is 3.87. The van der Waals surface area contributed by atoms with Gasteiger partial charge in [-0.15, -0.1) is 0 Å². The Labute approximate surface area is 91.8 Å². The molecule has 1 rings (SSSR count). The second-order valence-electron chi connectivity index (χ2n) is 4.34. The van der Waals surface area contributed by atoms with E-state index in [1.807, 2.05) is 0 Å². The van der Waals surface area contributed by atoms with Gasteiger partial charge in [-0.1, -0.05) is 6.92 Å². The van der Waals surface area contributed by atoms with Crippen LogP contribution in [0.1, 0.15) is 26.2 Å². The maximum absolute atomic E-state index is 11.3. The van der Waals surface area contributed by atoms with Crippen LogP contribution in [-0.4, -0.2) is 38.8 Å². The second-order valence-corrected chi connectivity index (χ2v) is 4.34. The van der Waals surface area contributed by atoms with Crippen molar-refractivity contribution >= 4 is 5.91 Å². The number of ether oxygens (including phenoxy) is 1. The minimum atomic E-state index is 0.0617. The number of methoxy groups -OCH3 is 1. The minimum Gasteiger partial charge on any atom is -0.383 e. The lowest BCUT2D eigenvalue weighted by Crippen LogP contribution is -2.39. The molecule has 15 heavy (non-hydrogen) atoms. The van der Waals surface area contributed by atoms with E-state index in [2.05, 4.69) is 17.6 Å².